The molecule has 1 aromatic heterocycles. The summed E-state index contributed by atoms with van der Waals surface area (Å²) < 4.78 is 0. The molecule has 0 unspecified atom stereocenters. The van der Waals surface area contributed by atoms with Crippen LogP contribution in [0, 0.1) is 11.3 Å². The van der Waals surface area contributed by atoms with Gasteiger partial charge in [-0.05, 0) is 30.3 Å². The number of amides is 1. The Hall–Kier alpha value is -2.09. The SMILES string of the molecule is N#Cc1ccc(NC(=O)c2ccnc(Cl)c2)c(Cl)c1. The second-order valence-electron chi connectivity index (χ2n) is 3.63. The standard InChI is InChI=1S/C13H7Cl2N3O/c14-10-5-8(7-16)1-2-11(10)18-13(19)9-3-4-17-12(15)6-9/h1-6H,(H,18,19). The first-order valence-corrected chi connectivity index (χ1v) is 5.98. The van der Waals surface area contributed by atoms with Crippen molar-refractivity contribution in [2.75, 3.05) is 5.32 Å². The van der Waals surface area contributed by atoms with Crippen molar-refractivity contribution >= 4 is 34.8 Å². The molecule has 19 heavy (non-hydrogen) atoms. The smallest absolute Gasteiger partial charge is 0.255 e. The van der Waals surface area contributed by atoms with E-state index in [4.69, 9.17) is 28.5 Å². The topological polar surface area (TPSA) is 65.8 Å². The van der Waals surface area contributed by atoms with Gasteiger partial charge in [0.25, 0.3) is 5.91 Å². The number of carbonyl (C=O) groups is 1. The number of benzene rings is 1. The minimum Gasteiger partial charge on any atom is -0.321 e. The summed E-state index contributed by atoms with van der Waals surface area (Å²) in [7, 11) is 0. The maximum Gasteiger partial charge on any atom is 0.255 e. The molecule has 1 aromatic carbocycles. The Morgan fingerprint density at radius 3 is 2.68 bits per heavy atom. The van der Waals surface area contributed by atoms with Crippen LogP contribution in [0.1, 0.15) is 15.9 Å². The summed E-state index contributed by atoms with van der Waals surface area (Å²) in [5, 5.41) is 11.9. The molecular formula is C13H7Cl2N3O. The van der Waals surface area contributed by atoms with Gasteiger partial charge in [0.2, 0.25) is 0 Å². The molecule has 0 aliphatic rings. The van der Waals surface area contributed by atoms with Crippen molar-refractivity contribution in [3.63, 3.8) is 0 Å². The fourth-order valence-electron chi connectivity index (χ4n) is 1.42. The molecule has 2 aromatic rings. The Balaban J connectivity index is 2.22. The van der Waals surface area contributed by atoms with Gasteiger partial charge in [0.15, 0.2) is 0 Å². The molecule has 0 radical (unpaired) electrons. The summed E-state index contributed by atoms with van der Waals surface area (Å²) in [6, 6.07) is 9.58. The van der Waals surface area contributed by atoms with Crippen LogP contribution in [0.2, 0.25) is 10.2 Å². The molecule has 0 aliphatic heterocycles. The summed E-state index contributed by atoms with van der Waals surface area (Å²) in [5.74, 6) is -0.351. The monoisotopic (exact) mass is 291 g/mol. The van der Waals surface area contributed by atoms with Crippen LogP contribution in [0.15, 0.2) is 36.5 Å². The van der Waals surface area contributed by atoms with E-state index in [9.17, 15) is 4.79 Å². The summed E-state index contributed by atoms with van der Waals surface area (Å²) >= 11 is 11.7. The van der Waals surface area contributed by atoms with Gasteiger partial charge in [-0.3, -0.25) is 4.79 Å². The van der Waals surface area contributed by atoms with Gasteiger partial charge in [0, 0.05) is 11.8 Å². The Labute approximate surface area is 119 Å². The molecule has 1 N–H and O–H groups in total. The lowest BCUT2D eigenvalue weighted by Crippen LogP contribution is -2.12. The molecule has 0 bridgehead atoms. The van der Waals surface area contributed by atoms with Crippen molar-refractivity contribution in [1.29, 1.82) is 5.26 Å². The number of anilines is 1. The van der Waals surface area contributed by atoms with Gasteiger partial charge in [-0.2, -0.15) is 5.26 Å². The zero-order chi connectivity index (χ0) is 13.8. The van der Waals surface area contributed by atoms with Crippen LogP contribution >= 0.6 is 23.2 Å². The quantitative estimate of drug-likeness (QED) is 0.861. The Kier molecular flexibility index (Phi) is 4.00. The fourth-order valence-corrected chi connectivity index (χ4v) is 1.83. The highest BCUT2D eigenvalue weighted by atomic mass is 35.5. The molecule has 1 heterocycles. The molecule has 6 heteroatoms. The molecule has 0 fully saturated rings. The third kappa shape index (κ3) is 3.22. The molecule has 94 valence electrons. The molecule has 0 atom stereocenters. The number of carbonyl (C=O) groups excluding carboxylic acids is 1. The van der Waals surface area contributed by atoms with Gasteiger partial charge in [0.1, 0.15) is 5.15 Å². The van der Waals surface area contributed by atoms with E-state index in [0.717, 1.165) is 0 Å². The first-order valence-electron chi connectivity index (χ1n) is 5.22. The third-order valence-electron chi connectivity index (χ3n) is 2.34. The van der Waals surface area contributed by atoms with Gasteiger partial charge in [0.05, 0.1) is 22.3 Å². The first kappa shape index (κ1) is 13.3. The Bertz CT molecular complexity index is 680. The van der Waals surface area contributed by atoms with Crippen LogP contribution in [0.25, 0.3) is 0 Å². The highest BCUT2D eigenvalue weighted by Crippen LogP contribution is 2.23. The number of pyridine rings is 1. The van der Waals surface area contributed by atoms with E-state index >= 15 is 0 Å². The predicted molar refractivity (Wildman–Crippen MR) is 73.4 cm³/mol. The summed E-state index contributed by atoms with van der Waals surface area (Å²) in [4.78, 5) is 15.7. The van der Waals surface area contributed by atoms with Crippen LogP contribution in [-0.2, 0) is 0 Å². The second kappa shape index (κ2) is 5.70. The lowest BCUT2D eigenvalue weighted by molar-refractivity contribution is 0.102. The van der Waals surface area contributed by atoms with E-state index in [1.807, 2.05) is 6.07 Å². The molecule has 0 spiro atoms. The van der Waals surface area contributed by atoms with Crippen molar-refractivity contribution in [2.45, 2.75) is 0 Å². The van der Waals surface area contributed by atoms with E-state index in [-0.39, 0.29) is 11.1 Å². The number of nitrogens with one attached hydrogen (secondary N) is 1. The predicted octanol–water partition coefficient (Wildman–Crippen LogP) is 3.51. The minimum atomic E-state index is -0.351. The number of hydrogen-bond donors (Lipinski definition) is 1. The first-order chi connectivity index (χ1) is 9.10. The summed E-state index contributed by atoms with van der Waals surface area (Å²) in [6.07, 6.45) is 1.44. The second-order valence-corrected chi connectivity index (χ2v) is 4.42. The average Bonchev–Trinajstić information content (AvgIpc) is 2.41. The molecular weight excluding hydrogens is 285 g/mol. The van der Waals surface area contributed by atoms with Gasteiger partial charge >= 0.3 is 0 Å². The molecule has 4 nitrogen and oxygen atoms in total. The largest absolute Gasteiger partial charge is 0.321 e. The van der Waals surface area contributed by atoms with Crippen molar-refractivity contribution in [1.82, 2.24) is 4.98 Å². The van der Waals surface area contributed by atoms with Gasteiger partial charge < -0.3 is 5.32 Å². The van der Waals surface area contributed by atoms with E-state index in [1.54, 1.807) is 18.2 Å². The van der Waals surface area contributed by atoms with E-state index in [0.29, 0.717) is 21.8 Å². The zero-order valence-electron chi connectivity index (χ0n) is 9.52. The number of nitriles is 1. The number of nitrogens with zero attached hydrogens (tertiary/aromatic N) is 2. The van der Waals surface area contributed by atoms with Crippen molar-refractivity contribution in [2.24, 2.45) is 0 Å². The van der Waals surface area contributed by atoms with E-state index in [2.05, 4.69) is 10.3 Å². The number of aromatic nitrogens is 1. The number of hydrogen-bond acceptors (Lipinski definition) is 3. The Morgan fingerprint density at radius 2 is 2.05 bits per heavy atom. The fraction of sp³-hybridized carbons (Fsp3) is 0. The van der Waals surface area contributed by atoms with Gasteiger partial charge in [-0.1, -0.05) is 23.2 Å². The van der Waals surface area contributed by atoms with Crippen molar-refractivity contribution in [3.8, 4) is 6.07 Å². The molecule has 0 saturated heterocycles. The number of halogens is 2. The lowest BCUT2D eigenvalue weighted by atomic mass is 10.2. The maximum absolute atomic E-state index is 12.0. The van der Waals surface area contributed by atoms with E-state index < -0.39 is 0 Å². The average molecular weight is 292 g/mol. The molecule has 2 rings (SSSR count). The summed E-state index contributed by atoms with van der Waals surface area (Å²) in [5.41, 5.74) is 1.23. The zero-order valence-corrected chi connectivity index (χ0v) is 11.0. The normalized spacial score (nSPS) is 9.74. The maximum atomic E-state index is 12.0. The van der Waals surface area contributed by atoms with Crippen LogP contribution in [-0.4, -0.2) is 10.9 Å². The van der Waals surface area contributed by atoms with Crippen molar-refractivity contribution < 1.29 is 4.79 Å². The third-order valence-corrected chi connectivity index (χ3v) is 2.85. The van der Waals surface area contributed by atoms with Crippen LogP contribution in [0.4, 0.5) is 5.69 Å². The van der Waals surface area contributed by atoms with Gasteiger partial charge in [-0.15, -0.1) is 0 Å². The Morgan fingerprint density at radius 1 is 1.26 bits per heavy atom. The highest BCUT2D eigenvalue weighted by Gasteiger charge is 2.09. The van der Waals surface area contributed by atoms with Crippen LogP contribution in [0.3, 0.4) is 0 Å². The van der Waals surface area contributed by atoms with Crippen molar-refractivity contribution in [3.05, 3.63) is 57.8 Å². The van der Waals surface area contributed by atoms with Gasteiger partial charge in [-0.25, -0.2) is 4.98 Å². The number of rotatable bonds is 2. The summed E-state index contributed by atoms with van der Waals surface area (Å²) in [6.45, 7) is 0. The van der Waals surface area contributed by atoms with E-state index in [1.165, 1.54) is 18.3 Å². The molecule has 1 amide bonds. The minimum absolute atomic E-state index is 0.235. The molecule has 0 aliphatic carbocycles. The van der Waals surface area contributed by atoms with Crippen LogP contribution in [0.5, 0.6) is 0 Å². The van der Waals surface area contributed by atoms with Crippen LogP contribution < -0.4 is 5.32 Å². The highest BCUT2D eigenvalue weighted by molar-refractivity contribution is 6.34. The lowest BCUT2D eigenvalue weighted by Gasteiger charge is -2.07. The molecule has 0 saturated carbocycles.